The molecule has 0 radical (unpaired) electrons. The molecular formula is C21H26N2O. The zero-order valence-corrected chi connectivity index (χ0v) is 14.2. The van der Waals surface area contributed by atoms with Crippen molar-refractivity contribution < 1.29 is 4.79 Å². The van der Waals surface area contributed by atoms with Gasteiger partial charge in [0.05, 0.1) is 6.04 Å². The van der Waals surface area contributed by atoms with Crippen molar-refractivity contribution in [3.63, 3.8) is 0 Å². The molecule has 24 heavy (non-hydrogen) atoms. The Morgan fingerprint density at radius 2 is 1.79 bits per heavy atom. The Balaban J connectivity index is 1.53. The topological polar surface area (TPSA) is 32.3 Å². The first-order valence-corrected chi connectivity index (χ1v) is 9.32. The first-order chi connectivity index (χ1) is 11.8. The predicted molar refractivity (Wildman–Crippen MR) is 98.0 cm³/mol. The SMILES string of the molecule is O=C(NC1CCC1)C(Cc1ccc2ccccc2c1)N1CCCC1. The van der Waals surface area contributed by atoms with Crippen LogP contribution in [0, 0.1) is 0 Å². The van der Waals surface area contributed by atoms with E-state index < -0.39 is 0 Å². The lowest BCUT2D eigenvalue weighted by atomic mass is 9.92. The zero-order chi connectivity index (χ0) is 16.4. The molecule has 0 bridgehead atoms. The first kappa shape index (κ1) is 15.6. The van der Waals surface area contributed by atoms with Crippen molar-refractivity contribution in [1.82, 2.24) is 10.2 Å². The van der Waals surface area contributed by atoms with Crippen LogP contribution < -0.4 is 5.32 Å². The van der Waals surface area contributed by atoms with Gasteiger partial charge in [0.25, 0.3) is 0 Å². The van der Waals surface area contributed by atoms with Gasteiger partial charge in [-0.2, -0.15) is 0 Å². The highest BCUT2D eigenvalue weighted by atomic mass is 16.2. The van der Waals surface area contributed by atoms with Crippen molar-refractivity contribution in [3.05, 3.63) is 48.0 Å². The van der Waals surface area contributed by atoms with E-state index in [1.165, 1.54) is 35.6 Å². The van der Waals surface area contributed by atoms with Gasteiger partial charge in [-0.1, -0.05) is 42.5 Å². The minimum atomic E-state index is -0.0192. The number of nitrogens with one attached hydrogen (secondary N) is 1. The molecule has 2 aromatic carbocycles. The summed E-state index contributed by atoms with van der Waals surface area (Å²) in [4.78, 5) is 15.2. The van der Waals surface area contributed by atoms with E-state index >= 15 is 0 Å². The molecule has 1 amide bonds. The van der Waals surface area contributed by atoms with Crippen LogP contribution >= 0.6 is 0 Å². The van der Waals surface area contributed by atoms with Crippen LogP contribution in [0.3, 0.4) is 0 Å². The van der Waals surface area contributed by atoms with Gasteiger partial charge in [-0.25, -0.2) is 0 Å². The van der Waals surface area contributed by atoms with Crippen LogP contribution in [0.4, 0.5) is 0 Å². The Morgan fingerprint density at radius 3 is 2.50 bits per heavy atom. The zero-order valence-electron chi connectivity index (χ0n) is 14.2. The molecule has 2 aliphatic rings. The highest BCUT2D eigenvalue weighted by Gasteiger charge is 2.30. The summed E-state index contributed by atoms with van der Waals surface area (Å²) in [5.74, 6) is 0.231. The number of fused-ring (bicyclic) bond motifs is 1. The predicted octanol–water partition coefficient (Wildman–Crippen LogP) is 3.52. The Hall–Kier alpha value is -1.87. The number of rotatable bonds is 5. The summed E-state index contributed by atoms with van der Waals surface area (Å²) in [6.45, 7) is 2.10. The van der Waals surface area contributed by atoms with E-state index in [0.29, 0.717) is 6.04 Å². The highest BCUT2D eigenvalue weighted by Crippen LogP contribution is 2.22. The molecule has 0 spiro atoms. The van der Waals surface area contributed by atoms with Gasteiger partial charge in [-0.15, -0.1) is 0 Å². The van der Waals surface area contributed by atoms with Crippen molar-refractivity contribution >= 4 is 16.7 Å². The number of amides is 1. The van der Waals surface area contributed by atoms with E-state index in [0.717, 1.165) is 32.4 Å². The van der Waals surface area contributed by atoms with Crippen molar-refractivity contribution in [2.75, 3.05) is 13.1 Å². The van der Waals surface area contributed by atoms with Gasteiger partial charge in [0, 0.05) is 6.04 Å². The second-order valence-corrected chi connectivity index (χ2v) is 7.28. The fourth-order valence-corrected chi connectivity index (χ4v) is 3.88. The molecule has 126 valence electrons. The molecule has 2 fully saturated rings. The van der Waals surface area contributed by atoms with Crippen molar-refractivity contribution in [1.29, 1.82) is 0 Å². The number of nitrogens with zero attached hydrogens (tertiary/aromatic N) is 1. The number of carbonyl (C=O) groups is 1. The number of carbonyl (C=O) groups excluding carboxylic acids is 1. The average molecular weight is 322 g/mol. The van der Waals surface area contributed by atoms with Gasteiger partial charge in [-0.05, 0) is 68.0 Å². The normalized spacial score (nSPS) is 20.0. The molecule has 1 aliphatic carbocycles. The summed E-state index contributed by atoms with van der Waals surface area (Å²) in [5, 5.41) is 5.79. The van der Waals surface area contributed by atoms with Crippen LogP contribution in [0.25, 0.3) is 10.8 Å². The monoisotopic (exact) mass is 322 g/mol. The maximum absolute atomic E-state index is 12.8. The quantitative estimate of drug-likeness (QED) is 0.913. The Bertz CT molecular complexity index is 717. The lowest BCUT2D eigenvalue weighted by molar-refractivity contribution is -0.127. The molecule has 1 aliphatic heterocycles. The number of likely N-dealkylation sites (tertiary alicyclic amines) is 1. The van der Waals surface area contributed by atoms with Crippen molar-refractivity contribution in [2.45, 2.75) is 50.6 Å². The van der Waals surface area contributed by atoms with Gasteiger partial charge in [0.2, 0.25) is 5.91 Å². The minimum absolute atomic E-state index is 0.0192. The van der Waals surface area contributed by atoms with Crippen LogP contribution in [-0.2, 0) is 11.2 Å². The molecule has 4 rings (SSSR count). The van der Waals surface area contributed by atoms with Gasteiger partial charge < -0.3 is 5.32 Å². The van der Waals surface area contributed by atoms with Crippen molar-refractivity contribution in [3.8, 4) is 0 Å². The van der Waals surface area contributed by atoms with Crippen LogP contribution in [0.15, 0.2) is 42.5 Å². The summed E-state index contributed by atoms with van der Waals surface area (Å²) in [5.41, 5.74) is 1.26. The molecule has 1 saturated heterocycles. The van der Waals surface area contributed by atoms with E-state index in [4.69, 9.17) is 0 Å². The largest absolute Gasteiger partial charge is 0.352 e. The van der Waals surface area contributed by atoms with E-state index in [1.807, 2.05) is 0 Å². The van der Waals surface area contributed by atoms with E-state index in [1.54, 1.807) is 0 Å². The maximum Gasteiger partial charge on any atom is 0.237 e. The highest BCUT2D eigenvalue weighted by molar-refractivity contribution is 5.84. The molecule has 1 saturated carbocycles. The average Bonchev–Trinajstić information content (AvgIpc) is 3.10. The van der Waals surface area contributed by atoms with Crippen LogP contribution in [-0.4, -0.2) is 36.0 Å². The van der Waals surface area contributed by atoms with Crippen LogP contribution in [0.1, 0.15) is 37.7 Å². The third-order valence-electron chi connectivity index (χ3n) is 5.58. The van der Waals surface area contributed by atoms with E-state index in [9.17, 15) is 4.79 Å². The van der Waals surface area contributed by atoms with Crippen molar-refractivity contribution in [2.24, 2.45) is 0 Å². The summed E-state index contributed by atoms with van der Waals surface area (Å²) >= 11 is 0. The second kappa shape index (κ2) is 6.94. The Morgan fingerprint density at radius 1 is 1.04 bits per heavy atom. The molecule has 3 nitrogen and oxygen atoms in total. The molecule has 1 N–H and O–H groups in total. The Labute approximate surface area is 144 Å². The van der Waals surface area contributed by atoms with E-state index in [-0.39, 0.29) is 11.9 Å². The van der Waals surface area contributed by atoms with Crippen LogP contribution in [0.2, 0.25) is 0 Å². The molecule has 1 unspecified atom stereocenters. The number of benzene rings is 2. The smallest absolute Gasteiger partial charge is 0.237 e. The number of hydrogen-bond acceptors (Lipinski definition) is 2. The molecule has 1 atom stereocenters. The first-order valence-electron chi connectivity index (χ1n) is 9.32. The standard InChI is InChI=1S/C21H26N2O/c24-21(22-19-8-5-9-19)20(23-12-3-4-13-23)15-16-10-11-17-6-1-2-7-18(17)14-16/h1-2,6-7,10-11,14,19-20H,3-5,8-9,12-13,15H2,(H,22,24). The van der Waals surface area contributed by atoms with Crippen LogP contribution in [0.5, 0.6) is 0 Å². The third-order valence-corrected chi connectivity index (χ3v) is 5.58. The van der Waals surface area contributed by atoms with Gasteiger partial charge in [-0.3, -0.25) is 9.69 Å². The summed E-state index contributed by atoms with van der Waals surface area (Å²) in [6, 6.07) is 15.4. The molecular weight excluding hydrogens is 296 g/mol. The molecule has 1 heterocycles. The molecule has 3 heteroatoms. The molecule has 0 aromatic heterocycles. The fraction of sp³-hybridized carbons (Fsp3) is 0.476. The van der Waals surface area contributed by atoms with Gasteiger partial charge in [0.15, 0.2) is 0 Å². The maximum atomic E-state index is 12.8. The number of hydrogen-bond donors (Lipinski definition) is 1. The van der Waals surface area contributed by atoms with E-state index in [2.05, 4.69) is 52.7 Å². The lowest BCUT2D eigenvalue weighted by Gasteiger charge is -2.32. The third kappa shape index (κ3) is 3.32. The summed E-state index contributed by atoms with van der Waals surface area (Å²) in [7, 11) is 0. The summed E-state index contributed by atoms with van der Waals surface area (Å²) in [6.07, 6.45) is 6.78. The Kier molecular flexibility index (Phi) is 4.52. The van der Waals surface area contributed by atoms with Gasteiger partial charge in [0.1, 0.15) is 0 Å². The lowest BCUT2D eigenvalue weighted by Crippen LogP contribution is -2.51. The summed E-state index contributed by atoms with van der Waals surface area (Å²) < 4.78 is 0. The minimum Gasteiger partial charge on any atom is -0.352 e. The second-order valence-electron chi connectivity index (χ2n) is 7.28. The fourth-order valence-electron chi connectivity index (χ4n) is 3.88. The molecule has 2 aromatic rings. The van der Waals surface area contributed by atoms with Gasteiger partial charge >= 0.3 is 0 Å².